The zero-order chi connectivity index (χ0) is 10.3. The highest BCUT2D eigenvalue weighted by atomic mass is 79.9. The van der Waals surface area contributed by atoms with Crippen molar-refractivity contribution >= 4 is 26.8 Å². The molecule has 0 saturated carbocycles. The van der Waals surface area contributed by atoms with E-state index in [1.165, 1.54) is 10.9 Å². The quantitative estimate of drug-likeness (QED) is 0.832. The first-order valence-corrected chi connectivity index (χ1v) is 5.40. The second-order valence-electron chi connectivity index (χ2n) is 3.56. The van der Waals surface area contributed by atoms with Gasteiger partial charge in [-0.15, -0.1) is 0 Å². The fourth-order valence-electron chi connectivity index (χ4n) is 1.87. The molecule has 2 nitrogen and oxygen atoms in total. The largest absolute Gasteiger partial charge is 0.345 e. The Hall–Kier alpha value is -0.800. The predicted molar refractivity (Wildman–Crippen MR) is 63.2 cm³/mol. The maximum Gasteiger partial charge on any atom is 0.0494 e. The maximum absolute atomic E-state index is 5.93. The average molecular weight is 253 g/mol. The van der Waals surface area contributed by atoms with E-state index in [-0.39, 0.29) is 6.04 Å². The van der Waals surface area contributed by atoms with Crippen molar-refractivity contribution in [3.8, 4) is 0 Å². The fraction of sp³-hybridized carbons (Fsp3) is 0.273. The highest BCUT2D eigenvalue weighted by Crippen LogP contribution is 2.32. The van der Waals surface area contributed by atoms with Crippen molar-refractivity contribution in [3.63, 3.8) is 0 Å². The maximum atomic E-state index is 5.93. The van der Waals surface area contributed by atoms with Crippen molar-refractivity contribution in [1.82, 2.24) is 4.57 Å². The fourth-order valence-corrected chi connectivity index (χ4v) is 2.83. The summed E-state index contributed by atoms with van der Waals surface area (Å²) in [5.41, 5.74) is 8.29. The van der Waals surface area contributed by atoms with Crippen LogP contribution < -0.4 is 5.73 Å². The molecule has 1 atom stereocenters. The van der Waals surface area contributed by atoms with Gasteiger partial charge in [-0.1, -0.05) is 18.2 Å². The van der Waals surface area contributed by atoms with E-state index in [1.807, 2.05) is 26.1 Å². The van der Waals surface area contributed by atoms with Crippen LogP contribution >= 0.6 is 15.9 Å². The van der Waals surface area contributed by atoms with Crippen LogP contribution in [-0.2, 0) is 7.05 Å². The van der Waals surface area contributed by atoms with Gasteiger partial charge in [0.2, 0.25) is 0 Å². The van der Waals surface area contributed by atoms with E-state index in [1.54, 1.807) is 0 Å². The van der Waals surface area contributed by atoms with Gasteiger partial charge in [0.1, 0.15) is 0 Å². The lowest BCUT2D eigenvalue weighted by Gasteiger charge is -2.08. The molecule has 0 unspecified atom stereocenters. The third-order valence-electron chi connectivity index (χ3n) is 2.52. The molecule has 0 saturated heterocycles. The average Bonchev–Trinajstić information content (AvgIpc) is 2.41. The summed E-state index contributed by atoms with van der Waals surface area (Å²) in [6.45, 7) is 2.00. The minimum absolute atomic E-state index is 0.0433. The molecule has 0 aliphatic rings. The Bertz CT molecular complexity index is 432. The summed E-state index contributed by atoms with van der Waals surface area (Å²) in [6, 6.07) is 8.33. The van der Waals surface area contributed by atoms with Gasteiger partial charge in [-0.25, -0.2) is 0 Å². The minimum atomic E-state index is 0.0433. The van der Waals surface area contributed by atoms with E-state index in [9.17, 15) is 0 Å². The molecule has 14 heavy (non-hydrogen) atoms. The number of rotatable bonds is 1. The van der Waals surface area contributed by atoms with Gasteiger partial charge < -0.3 is 10.3 Å². The zero-order valence-corrected chi connectivity index (χ0v) is 9.88. The summed E-state index contributed by atoms with van der Waals surface area (Å²) in [6.07, 6.45) is 0. The summed E-state index contributed by atoms with van der Waals surface area (Å²) >= 11 is 3.60. The number of para-hydroxylation sites is 1. The lowest BCUT2D eigenvalue weighted by atomic mass is 10.2. The molecule has 2 rings (SSSR count). The summed E-state index contributed by atoms with van der Waals surface area (Å²) in [4.78, 5) is 0. The monoisotopic (exact) mass is 252 g/mol. The molecule has 1 heterocycles. The molecule has 0 aliphatic heterocycles. The van der Waals surface area contributed by atoms with E-state index in [0.717, 1.165) is 10.2 Å². The third kappa shape index (κ3) is 1.28. The van der Waals surface area contributed by atoms with Crippen molar-refractivity contribution in [2.45, 2.75) is 13.0 Å². The van der Waals surface area contributed by atoms with Crippen LogP contribution in [-0.4, -0.2) is 4.57 Å². The van der Waals surface area contributed by atoms with Gasteiger partial charge in [0.25, 0.3) is 0 Å². The van der Waals surface area contributed by atoms with Gasteiger partial charge in [-0.2, -0.15) is 0 Å². The summed E-state index contributed by atoms with van der Waals surface area (Å²) in [5, 5.41) is 1.22. The van der Waals surface area contributed by atoms with Gasteiger partial charge >= 0.3 is 0 Å². The van der Waals surface area contributed by atoms with Crippen LogP contribution in [0.1, 0.15) is 18.7 Å². The highest BCUT2D eigenvalue weighted by molar-refractivity contribution is 9.10. The van der Waals surface area contributed by atoms with Gasteiger partial charge in [0.15, 0.2) is 0 Å². The minimum Gasteiger partial charge on any atom is -0.345 e. The van der Waals surface area contributed by atoms with Crippen LogP contribution in [0.25, 0.3) is 10.9 Å². The third-order valence-corrected chi connectivity index (χ3v) is 3.35. The van der Waals surface area contributed by atoms with Crippen molar-refractivity contribution in [3.05, 3.63) is 34.4 Å². The molecule has 1 aromatic carbocycles. The van der Waals surface area contributed by atoms with Crippen LogP contribution in [0.3, 0.4) is 0 Å². The van der Waals surface area contributed by atoms with Crippen molar-refractivity contribution < 1.29 is 0 Å². The second kappa shape index (κ2) is 3.41. The van der Waals surface area contributed by atoms with Gasteiger partial charge in [0, 0.05) is 34.2 Å². The van der Waals surface area contributed by atoms with Crippen LogP contribution in [0.15, 0.2) is 28.7 Å². The first-order valence-electron chi connectivity index (χ1n) is 4.61. The molecule has 2 aromatic rings. The number of aromatic nitrogens is 1. The Morgan fingerprint density at radius 1 is 1.36 bits per heavy atom. The van der Waals surface area contributed by atoms with Crippen LogP contribution in [0, 0.1) is 0 Å². The predicted octanol–water partition coefficient (Wildman–Crippen LogP) is 2.96. The summed E-state index contributed by atoms with van der Waals surface area (Å²) < 4.78 is 3.26. The van der Waals surface area contributed by atoms with E-state index in [2.05, 4.69) is 32.6 Å². The lowest BCUT2D eigenvalue weighted by Crippen LogP contribution is -2.10. The smallest absolute Gasteiger partial charge is 0.0494 e. The SMILES string of the molecule is C[C@H](N)c1c(Br)c2ccccc2n1C. The molecule has 3 heteroatoms. The van der Waals surface area contributed by atoms with Gasteiger partial charge in [0.05, 0.1) is 0 Å². The van der Waals surface area contributed by atoms with Crippen LogP contribution in [0.5, 0.6) is 0 Å². The van der Waals surface area contributed by atoms with Crippen molar-refractivity contribution in [2.24, 2.45) is 12.8 Å². The van der Waals surface area contributed by atoms with Crippen molar-refractivity contribution in [1.29, 1.82) is 0 Å². The normalized spacial score (nSPS) is 13.4. The van der Waals surface area contributed by atoms with E-state index in [4.69, 9.17) is 5.73 Å². The molecule has 2 N–H and O–H groups in total. The molecule has 0 aliphatic carbocycles. The van der Waals surface area contributed by atoms with Crippen LogP contribution in [0.4, 0.5) is 0 Å². The van der Waals surface area contributed by atoms with Gasteiger partial charge in [-0.05, 0) is 28.9 Å². The Kier molecular flexibility index (Phi) is 2.37. The zero-order valence-electron chi connectivity index (χ0n) is 8.29. The first kappa shape index (κ1) is 9.74. The molecular weight excluding hydrogens is 240 g/mol. The first-order chi connectivity index (χ1) is 6.63. The Labute approximate surface area is 91.8 Å². The number of nitrogens with two attached hydrogens (primary N) is 1. The summed E-state index contributed by atoms with van der Waals surface area (Å²) in [7, 11) is 2.05. The molecule has 0 radical (unpaired) electrons. The van der Waals surface area contributed by atoms with E-state index in [0.29, 0.717) is 0 Å². The number of halogens is 1. The molecule has 0 bridgehead atoms. The molecule has 0 spiro atoms. The molecule has 1 aromatic heterocycles. The Morgan fingerprint density at radius 3 is 2.57 bits per heavy atom. The number of aryl methyl sites for hydroxylation is 1. The Balaban J connectivity index is 2.85. The topological polar surface area (TPSA) is 30.9 Å². The number of hydrogen-bond donors (Lipinski definition) is 1. The number of hydrogen-bond acceptors (Lipinski definition) is 1. The molecular formula is C11H13BrN2. The lowest BCUT2D eigenvalue weighted by molar-refractivity contribution is 0.722. The molecule has 74 valence electrons. The van der Waals surface area contributed by atoms with Gasteiger partial charge in [-0.3, -0.25) is 0 Å². The van der Waals surface area contributed by atoms with E-state index >= 15 is 0 Å². The molecule has 0 fully saturated rings. The Morgan fingerprint density at radius 2 is 2.00 bits per heavy atom. The number of nitrogens with zero attached hydrogens (tertiary/aromatic N) is 1. The standard InChI is InChI=1S/C11H13BrN2/c1-7(13)11-10(12)8-5-3-4-6-9(8)14(11)2/h3-7H,13H2,1-2H3/t7-/m0/s1. The van der Waals surface area contributed by atoms with Crippen LogP contribution in [0.2, 0.25) is 0 Å². The summed E-state index contributed by atoms with van der Waals surface area (Å²) in [5.74, 6) is 0. The number of benzene rings is 1. The molecule has 0 amide bonds. The number of fused-ring (bicyclic) bond motifs is 1. The second-order valence-corrected chi connectivity index (χ2v) is 4.36. The van der Waals surface area contributed by atoms with E-state index < -0.39 is 0 Å². The highest BCUT2D eigenvalue weighted by Gasteiger charge is 2.14. The van der Waals surface area contributed by atoms with Crippen molar-refractivity contribution in [2.75, 3.05) is 0 Å².